The molecule has 0 unspecified atom stereocenters. The average Bonchev–Trinajstić information content (AvgIpc) is 3.06. The predicted octanol–water partition coefficient (Wildman–Crippen LogP) is 1.09. The van der Waals surface area contributed by atoms with E-state index in [1.807, 2.05) is 66.0 Å². The Kier molecular flexibility index (Phi) is 9.14. The molecular weight excluding hydrogens is 322 g/mol. The predicted molar refractivity (Wildman–Crippen MR) is 92.8 cm³/mol. The van der Waals surface area contributed by atoms with Gasteiger partial charge in [0.05, 0.1) is 13.2 Å². The van der Waals surface area contributed by atoms with E-state index < -0.39 is 0 Å². The van der Waals surface area contributed by atoms with Gasteiger partial charge in [-0.1, -0.05) is 60.7 Å². The normalized spacial score (nSPS) is 11.6. The molecule has 0 saturated heterocycles. The fourth-order valence-electron chi connectivity index (χ4n) is 1.70. The standard InChI is InChI=1S/C13H10O.C4H3NO2.C2H6O2/c14-13(11-7-3-1-4-8-11)12-9-5-2-6-10-12;6-3-1-2-4(7)5-3;3-1-2-4/h1-10H;1-2H,(H,5,6,7);3-4H,1-2H2. The molecule has 2 amide bonds. The zero-order valence-electron chi connectivity index (χ0n) is 13.5. The highest BCUT2D eigenvalue weighted by molar-refractivity contribution is 6.12. The first-order valence-corrected chi connectivity index (χ1v) is 7.48. The fraction of sp³-hybridized carbons (Fsp3) is 0.105. The first-order chi connectivity index (χ1) is 12.1. The van der Waals surface area contributed by atoms with Crippen LogP contribution in [0.1, 0.15) is 15.9 Å². The van der Waals surface area contributed by atoms with Gasteiger partial charge in [0.15, 0.2) is 5.78 Å². The van der Waals surface area contributed by atoms with Gasteiger partial charge in [0, 0.05) is 23.3 Å². The lowest BCUT2D eigenvalue weighted by atomic mass is 10.0. The molecule has 130 valence electrons. The van der Waals surface area contributed by atoms with Gasteiger partial charge in [0.1, 0.15) is 0 Å². The van der Waals surface area contributed by atoms with E-state index in [1.165, 1.54) is 12.2 Å². The summed E-state index contributed by atoms with van der Waals surface area (Å²) in [6.07, 6.45) is 2.39. The van der Waals surface area contributed by atoms with Crippen molar-refractivity contribution in [3.63, 3.8) is 0 Å². The Morgan fingerprint density at radius 1 is 0.720 bits per heavy atom. The maximum atomic E-state index is 11.8. The number of carbonyl (C=O) groups excluding carboxylic acids is 3. The van der Waals surface area contributed by atoms with Crippen molar-refractivity contribution >= 4 is 17.6 Å². The lowest BCUT2D eigenvalue weighted by molar-refractivity contribution is -0.123. The number of hydrogen-bond acceptors (Lipinski definition) is 5. The number of hydrogen-bond donors (Lipinski definition) is 3. The molecule has 2 aromatic rings. The zero-order chi connectivity index (χ0) is 18.5. The summed E-state index contributed by atoms with van der Waals surface area (Å²) in [5, 5.41) is 17.3. The highest BCUT2D eigenvalue weighted by Crippen LogP contribution is 2.08. The van der Waals surface area contributed by atoms with E-state index in [9.17, 15) is 14.4 Å². The van der Waals surface area contributed by atoms with Crippen LogP contribution in [0, 0.1) is 0 Å². The van der Waals surface area contributed by atoms with Crippen LogP contribution in [0.25, 0.3) is 0 Å². The summed E-state index contributed by atoms with van der Waals surface area (Å²) in [7, 11) is 0. The molecular formula is C19H19NO5. The van der Waals surface area contributed by atoms with Gasteiger partial charge in [0.25, 0.3) is 11.8 Å². The molecule has 0 radical (unpaired) electrons. The van der Waals surface area contributed by atoms with Crippen LogP contribution in [0.5, 0.6) is 0 Å². The van der Waals surface area contributed by atoms with E-state index in [0.717, 1.165) is 11.1 Å². The third kappa shape index (κ3) is 7.83. The van der Waals surface area contributed by atoms with Crippen molar-refractivity contribution in [3.8, 4) is 0 Å². The van der Waals surface area contributed by atoms with Crippen LogP contribution in [-0.2, 0) is 9.59 Å². The second-order valence-electron chi connectivity index (χ2n) is 4.70. The maximum Gasteiger partial charge on any atom is 0.250 e. The van der Waals surface area contributed by atoms with Gasteiger partial charge in [-0.15, -0.1) is 0 Å². The molecule has 0 saturated carbocycles. The van der Waals surface area contributed by atoms with Gasteiger partial charge >= 0.3 is 0 Å². The number of rotatable bonds is 3. The summed E-state index contributed by atoms with van der Waals surface area (Å²) in [5.74, 6) is -0.582. The average molecular weight is 341 g/mol. The Balaban J connectivity index is 0.000000237. The summed E-state index contributed by atoms with van der Waals surface area (Å²) in [5.41, 5.74) is 1.47. The molecule has 0 spiro atoms. The highest BCUT2D eigenvalue weighted by atomic mass is 16.3. The van der Waals surface area contributed by atoms with E-state index in [2.05, 4.69) is 0 Å². The van der Waals surface area contributed by atoms with Gasteiger partial charge in [-0.2, -0.15) is 0 Å². The van der Waals surface area contributed by atoms with Crippen LogP contribution in [0.15, 0.2) is 72.8 Å². The first-order valence-electron chi connectivity index (χ1n) is 7.48. The summed E-state index contributed by atoms with van der Waals surface area (Å²) in [4.78, 5) is 31.9. The number of aliphatic hydroxyl groups excluding tert-OH is 2. The number of amides is 2. The number of aliphatic hydroxyl groups is 2. The molecule has 2 aromatic carbocycles. The Morgan fingerprint density at radius 3 is 1.32 bits per heavy atom. The lowest BCUT2D eigenvalue weighted by Gasteiger charge is -1.99. The lowest BCUT2D eigenvalue weighted by Crippen LogP contribution is -2.19. The van der Waals surface area contributed by atoms with Crippen molar-refractivity contribution in [2.45, 2.75) is 0 Å². The molecule has 3 N–H and O–H groups in total. The van der Waals surface area contributed by atoms with E-state index in [1.54, 1.807) is 0 Å². The molecule has 0 fully saturated rings. The topological polar surface area (TPSA) is 104 Å². The molecule has 1 heterocycles. The summed E-state index contributed by atoms with van der Waals surface area (Å²) < 4.78 is 0. The van der Waals surface area contributed by atoms with Gasteiger partial charge in [-0.05, 0) is 0 Å². The third-order valence-corrected chi connectivity index (χ3v) is 2.80. The number of imide groups is 1. The number of carbonyl (C=O) groups is 3. The van der Waals surface area contributed by atoms with Crippen LogP contribution in [-0.4, -0.2) is 41.0 Å². The number of ketones is 1. The molecule has 1 aliphatic rings. The molecule has 1 aliphatic heterocycles. The van der Waals surface area contributed by atoms with Crippen LogP contribution >= 0.6 is 0 Å². The van der Waals surface area contributed by atoms with Gasteiger partial charge in [-0.25, -0.2) is 0 Å². The Morgan fingerprint density at radius 2 is 1.08 bits per heavy atom. The zero-order valence-corrected chi connectivity index (χ0v) is 13.5. The summed E-state index contributed by atoms with van der Waals surface area (Å²) in [6.45, 7) is -0.250. The molecule has 6 nitrogen and oxygen atoms in total. The molecule has 0 atom stereocenters. The molecule has 0 bridgehead atoms. The minimum absolute atomic E-state index is 0.0752. The molecule has 0 aromatic heterocycles. The van der Waals surface area contributed by atoms with E-state index in [4.69, 9.17) is 10.2 Å². The van der Waals surface area contributed by atoms with Crippen LogP contribution in [0.2, 0.25) is 0 Å². The van der Waals surface area contributed by atoms with E-state index in [-0.39, 0.29) is 30.8 Å². The maximum absolute atomic E-state index is 11.8. The van der Waals surface area contributed by atoms with Crippen LogP contribution in [0.3, 0.4) is 0 Å². The first kappa shape index (κ1) is 20.0. The van der Waals surface area contributed by atoms with E-state index in [0.29, 0.717) is 0 Å². The fourth-order valence-corrected chi connectivity index (χ4v) is 1.70. The van der Waals surface area contributed by atoms with Crippen molar-refractivity contribution in [2.24, 2.45) is 0 Å². The van der Waals surface area contributed by atoms with Crippen LogP contribution < -0.4 is 5.32 Å². The second-order valence-corrected chi connectivity index (χ2v) is 4.70. The SMILES string of the molecule is O=C(c1ccccc1)c1ccccc1.O=C1C=CC(=O)N1.OCCO. The van der Waals surface area contributed by atoms with Crippen molar-refractivity contribution in [2.75, 3.05) is 13.2 Å². The minimum atomic E-state index is -0.329. The summed E-state index contributed by atoms with van der Waals surface area (Å²) >= 11 is 0. The highest BCUT2D eigenvalue weighted by Gasteiger charge is 2.07. The quantitative estimate of drug-likeness (QED) is 0.573. The van der Waals surface area contributed by atoms with Gasteiger partial charge in [0.2, 0.25) is 0 Å². The second kappa shape index (κ2) is 11.4. The number of benzene rings is 2. The number of nitrogens with one attached hydrogen (secondary N) is 1. The van der Waals surface area contributed by atoms with Crippen LogP contribution in [0.4, 0.5) is 0 Å². The minimum Gasteiger partial charge on any atom is -0.394 e. The molecule has 3 rings (SSSR count). The Hall–Kier alpha value is -3.09. The molecule has 0 aliphatic carbocycles. The third-order valence-electron chi connectivity index (χ3n) is 2.80. The van der Waals surface area contributed by atoms with Gasteiger partial charge in [-0.3, -0.25) is 19.7 Å². The monoisotopic (exact) mass is 341 g/mol. The van der Waals surface area contributed by atoms with Crippen molar-refractivity contribution in [3.05, 3.63) is 83.9 Å². The summed E-state index contributed by atoms with van der Waals surface area (Å²) in [6, 6.07) is 18.6. The molecule has 25 heavy (non-hydrogen) atoms. The van der Waals surface area contributed by atoms with Crippen molar-refractivity contribution in [1.82, 2.24) is 5.32 Å². The Bertz CT molecular complexity index is 652. The van der Waals surface area contributed by atoms with Gasteiger partial charge < -0.3 is 10.2 Å². The Labute approximate surface area is 145 Å². The van der Waals surface area contributed by atoms with Crippen molar-refractivity contribution < 1.29 is 24.6 Å². The van der Waals surface area contributed by atoms with E-state index >= 15 is 0 Å². The largest absolute Gasteiger partial charge is 0.394 e. The smallest absolute Gasteiger partial charge is 0.250 e. The van der Waals surface area contributed by atoms with Crippen molar-refractivity contribution in [1.29, 1.82) is 0 Å². The molecule has 6 heteroatoms.